The van der Waals surface area contributed by atoms with Crippen LogP contribution in [0.3, 0.4) is 0 Å². The van der Waals surface area contributed by atoms with Gasteiger partial charge in [0, 0.05) is 12.7 Å². The van der Waals surface area contributed by atoms with Crippen molar-refractivity contribution in [3.05, 3.63) is 34.9 Å². The van der Waals surface area contributed by atoms with E-state index < -0.39 is 17.7 Å². The van der Waals surface area contributed by atoms with E-state index in [1.54, 1.807) is 19.9 Å². The van der Waals surface area contributed by atoms with Crippen LogP contribution >= 0.6 is 0 Å². The number of alkyl halides is 3. The number of aryl methyl sites for hydroxylation is 2. The molecule has 0 saturated heterocycles. The Morgan fingerprint density at radius 1 is 1.15 bits per heavy atom. The Bertz CT molecular complexity index is 477. The number of hydrogen-bond acceptors (Lipinski definition) is 3. The Labute approximate surface area is 115 Å². The molecule has 0 aliphatic carbocycles. The van der Waals surface area contributed by atoms with Gasteiger partial charge in [-0.3, -0.25) is 0 Å². The van der Waals surface area contributed by atoms with E-state index in [4.69, 9.17) is 0 Å². The van der Waals surface area contributed by atoms with Crippen LogP contribution in [0.2, 0.25) is 0 Å². The molecule has 1 aromatic carbocycles. The zero-order valence-corrected chi connectivity index (χ0v) is 11.8. The number of hydrogen-bond donors (Lipinski definition) is 0. The second-order valence-corrected chi connectivity index (χ2v) is 4.48. The Kier molecular flexibility index (Phi) is 4.81. The van der Waals surface area contributed by atoms with Crippen LogP contribution in [0.5, 0.6) is 0 Å². The van der Waals surface area contributed by atoms with E-state index in [-0.39, 0.29) is 12.2 Å². The molecule has 0 aliphatic heterocycles. The van der Waals surface area contributed by atoms with Crippen LogP contribution < -0.4 is 0 Å². The monoisotopic (exact) mass is 290 g/mol. The lowest BCUT2D eigenvalue weighted by molar-refractivity contribution is -0.276. The third-order valence-electron chi connectivity index (χ3n) is 2.90. The number of carbonyl (C=O) groups is 1. The number of methoxy groups -OCH3 is 1. The summed E-state index contributed by atoms with van der Waals surface area (Å²) in [5.74, 6) is -1.46. The first-order valence-corrected chi connectivity index (χ1v) is 6.07. The molecule has 0 saturated carbocycles. The molecule has 112 valence electrons. The highest BCUT2D eigenvalue weighted by Crippen LogP contribution is 2.43. The Hall–Kier alpha value is -1.56. The maximum absolute atomic E-state index is 13.5. The number of ether oxygens (including phenoxy) is 2. The minimum atomic E-state index is -4.92. The van der Waals surface area contributed by atoms with Crippen LogP contribution in [0.1, 0.15) is 23.6 Å². The molecule has 0 bridgehead atoms. The summed E-state index contributed by atoms with van der Waals surface area (Å²) in [7, 11) is 0.849. The standard InChI is InChI=1S/C14H17F3O3/c1-5-20-12(18)13(19-4,14(15,16)17)11-7-9(2)6-10(3)8-11/h6-8H,5H2,1-4H3. The lowest BCUT2D eigenvalue weighted by Gasteiger charge is -2.32. The number of benzene rings is 1. The molecule has 0 fully saturated rings. The first kappa shape index (κ1) is 16.5. The largest absolute Gasteiger partial charge is 0.463 e. The molecule has 1 unspecified atom stereocenters. The second-order valence-electron chi connectivity index (χ2n) is 4.48. The van der Waals surface area contributed by atoms with Gasteiger partial charge in [-0.05, 0) is 20.8 Å². The minimum Gasteiger partial charge on any atom is -0.463 e. The molecule has 3 nitrogen and oxygen atoms in total. The highest BCUT2D eigenvalue weighted by atomic mass is 19.4. The highest BCUT2D eigenvalue weighted by Gasteiger charge is 2.64. The summed E-state index contributed by atoms with van der Waals surface area (Å²) in [6, 6.07) is 4.27. The van der Waals surface area contributed by atoms with Crippen molar-refractivity contribution < 1.29 is 27.4 Å². The van der Waals surface area contributed by atoms with E-state index in [2.05, 4.69) is 9.47 Å². The van der Waals surface area contributed by atoms with Crippen LogP contribution in [0.4, 0.5) is 13.2 Å². The van der Waals surface area contributed by atoms with Gasteiger partial charge in [-0.15, -0.1) is 0 Å². The Morgan fingerprint density at radius 2 is 1.65 bits per heavy atom. The quantitative estimate of drug-likeness (QED) is 0.798. The second kappa shape index (κ2) is 5.83. The maximum Gasteiger partial charge on any atom is 0.432 e. The normalized spacial score (nSPS) is 14.8. The average molecular weight is 290 g/mol. The lowest BCUT2D eigenvalue weighted by Crippen LogP contribution is -2.51. The summed E-state index contributed by atoms with van der Waals surface area (Å²) in [4.78, 5) is 11.9. The lowest BCUT2D eigenvalue weighted by atomic mass is 9.90. The van der Waals surface area contributed by atoms with Gasteiger partial charge >= 0.3 is 12.1 Å². The van der Waals surface area contributed by atoms with Gasteiger partial charge in [0.15, 0.2) is 0 Å². The van der Waals surface area contributed by atoms with Crippen LogP contribution in [-0.2, 0) is 19.9 Å². The fourth-order valence-electron chi connectivity index (χ4n) is 2.12. The van der Waals surface area contributed by atoms with Crippen molar-refractivity contribution in [2.24, 2.45) is 0 Å². The van der Waals surface area contributed by atoms with Gasteiger partial charge < -0.3 is 9.47 Å². The summed E-state index contributed by atoms with van der Waals surface area (Å²) < 4.78 is 49.6. The van der Waals surface area contributed by atoms with Gasteiger partial charge in [-0.25, -0.2) is 4.79 Å². The predicted octanol–water partition coefficient (Wildman–Crippen LogP) is 3.27. The average Bonchev–Trinajstić information content (AvgIpc) is 2.27. The van der Waals surface area contributed by atoms with Crippen LogP contribution in [0.15, 0.2) is 18.2 Å². The van der Waals surface area contributed by atoms with E-state index in [1.807, 2.05) is 0 Å². The Balaban J connectivity index is 3.55. The fourth-order valence-corrected chi connectivity index (χ4v) is 2.12. The van der Waals surface area contributed by atoms with Crippen LogP contribution in [0.25, 0.3) is 0 Å². The first-order chi connectivity index (χ1) is 9.18. The summed E-state index contributed by atoms with van der Waals surface area (Å²) in [6.07, 6.45) is -4.92. The van der Waals surface area contributed by atoms with Crippen molar-refractivity contribution in [1.82, 2.24) is 0 Å². The molecule has 6 heteroatoms. The van der Waals surface area contributed by atoms with Crippen molar-refractivity contribution in [2.75, 3.05) is 13.7 Å². The number of rotatable bonds is 4. The molecule has 0 heterocycles. The molecular formula is C14H17F3O3. The van der Waals surface area contributed by atoms with Crippen molar-refractivity contribution >= 4 is 5.97 Å². The smallest absolute Gasteiger partial charge is 0.432 e. The third kappa shape index (κ3) is 2.80. The van der Waals surface area contributed by atoms with Crippen LogP contribution in [0, 0.1) is 13.8 Å². The van der Waals surface area contributed by atoms with Crippen molar-refractivity contribution in [3.63, 3.8) is 0 Å². The summed E-state index contributed by atoms with van der Waals surface area (Å²) >= 11 is 0. The molecule has 20 heavy (non-hydrogen) atoms. The topological polar surface area (TPSA) is 35.5 Å². The van der Waals surface area contributed by atoms with E-state index >= 15 is 0 Å². The molecule has 0 N–H and O–H groups in total. The fraction of sp³-hybridized carbons (Fsp3) is 0.500. The number of esters is 1. The van der Waals surface area contributed by atoms with Crippen LogP contribution in [-0.4, -0.2) is 25.9 Å². The molecule has 1 atom stereocenters. The molecule has 0 aliphatic rings. The van der Waals surface area contributed by atoms with Gasteiger partial charge in [-0.2, -0.15) is 13.2 Å². The molecule has 0 radical (unpaired) electrons. The van der Waals surface area contributed by atoms with Gasteiger partial charge in [0.1, 0.15) is 0 Å². The summed E-state index contributed by atoms with van der Waals surface area (Å²) in [5, 5.41) is 0. The Morgan fingerprint density at radius 3 is 2.00 bits per heavy atom. The minimum absolute atomic E-state index is 0.162. The van der Waals surface area contributed by atoms with Crippen molar-refractivity contribution in [1.29, 1.82) is 0 Å². The number of carbonyl (C=O) groups excluding carboxylic acids is 1. The van der Waals surface area contributed by atoms with Crippen molar-refractivity contribution in [2.45, 2.75) is 32.5 Å². The predicted molar refractivity (Wildman–Crippen MR) is 67.3 cm³/mol. The van der Waals surface area contributed by atoms with Crippen molar-refractivity contribution in [3.8, 4) is 0 Å². The van der Waals surface area contributed by atoms with E-state index in [9.17, 15) is 18.0 Å². The zero-order chi connectivity index (χ0) is 15.6. The van der Waals surface area contributed by atoms with E-state index in [0.717, 1.165) is 7.11 Å². The van der Waals surface area contributed by atoms with Gasteiger partial charge in [0.2, 0.25) is 0 Å². The number of halogens is 3. The molecule has 1 aromatic rings. The summed E-state index contributed by atoms with van der Waals surface area (Å²) in [5.41, 5.74) is -2.16. The maximum atomic E-state index is 13.5. The zero-order valence-electron chi connectivity index (χ0n) is 11.8. The molecular weight excluding hydrogens is 273 g/mol. The third-order valence-corrected chi connectivity index (χ3v) is 2.90. The first-order valence-electron chi connectivity index (χ1n) is 6.07. The highest BCUT2D eigenvalue weighted by molar-refractivity contribution is 5.82. The van der Waals surface area contributed by atoms with Gasteiger partial charge in [0.25, 0.3) is 5.60 Å². The van der Waals surface area contributed by atoms with Gasteiger partial charge in [0.05, 0.1) is 6.61 Å². The molecule has 1 rings (SSSR count). The van der Waals surface area contributed by atoms with E-state index in [0.29, 0.717) is 11.1 Å². The SMILES string of the molecule is CCOC(=O)C(OC)(c1cc(C)cc(C)c1)C(F)(F)F. The molecule has 0 amide bonds. The van der Waals surface area contributed by atoms with E-state index in [1.165, 1.54) is 19.1 Å². The van der Waals surface area contributed by atoms with Gasteiger partial charge in [-0.1, -0.05) is 29.3 Å². The molecule has 0 spiro atoms. The molecule has 0 aromatic heterocycles. The summed E-state index contributed by atoms with van der Waals surface area (Å²) in [6.45, 7) is 4.58.